The van der Waals surface area contributed by atoms with E-state index in [0.717, 1.165) is 34.6 Å². The van der Waals surface area contributed by atoms with Crippen LogP contribution in [0, 0.1) is 0 Å². The van der Waals surface area contributed by atoms with Crippen LogP contribution in [0.1, 0.15) is 11.4 Å². The van der Waals surface area contributed by atoms with Crippen molar-refractivity contribution >= 4 is 22.6 Å². The maximum atomic E-state index is 5.85. The molecule has 0 amide bonds. The van der Waals surface area contributed by atoms with E-state index in [0.29, 0.717) is 11.6 Å². The number of nitrogens with one attached hydrogen (secondary N) is 1. The number of rotatable bonds is 5. The average molecular weight is 299 g/mol. The Balaban J connectivity index is 1.79. The van der Waals surface area contributed by atoms with Crippen molar-refractivity contribution in [2.24, 2.45) is 0 Å². The number of hydrogen-bond donors (Lipinski definition) is 1. The Kier molecular flexibility index (Phi) is 3.93. The molecule has 0 bridgehead atoms. The molecule has 3 aromatic rings. The number of hydrogen-bond acceptors (Lipinski definition) is 2. The number of nitrogens with zero attached hydrogens (tertiary/aromatic N) is 1. The Labute approximate surface area is 128 Å². The highest BCUT2D eigenvalue weighted by Gasteiger charge is 2.07. The first-order valence-corrected chi connectivity index (χ1v) is 7.10. The molecule has 0 aliphatic rings. The van der Waals surface area contributed by atoms with Gasteiger partial charge in [0.1, 0.15) is 18.2 Å². The van der Waals surface area contributed by atoms with E-state index in [1.807, 2.05) is 30.3 Å². The summed E-state index contributed by atoms with van der Waals surface area (Å²) < 4.78 is 5.70. The second-order valence-corrected chi connectivity index (χ2v) is 5.17. The summed E-state index contributed by atoms with van der Waals surface area (Å²) in [5.41, 5.74) is 3.16. The van der Waals surface area contributed by atoms with E-state index < -0.39 is 0 Å². The normalized spacial score (nSPS) is 10.7. The van der Waals surface area contributed by atoms with E-state index in [-0.39, 0.29) is 0 Å². The fourth-order valence-corrected chi connectivity index (χ4v) is 2.34. The molecule has 0 aliphatic carbocycles. The van der Waals surface area contributed by atoms with Crippen LogP contribution in [0.25, 0.3) is 11.0 Å². The second-order valence-electron chi connectivity index (χ2n) is 4.73. The zero-order chi connectivity index (χ0) is 14.7. The number of H-pyrrole nitrogens is 1. The summed E-state index contributed by atoms with van der Waals surface area (Å²) >= 11 is 5.85. The molecule has 21 heavy (non-hydrogen) atoms. The monoisotopic (exact) mass is 298 g/mol. The van der Waals surface area contributed by atoms with Crippen LogP contribution in [0.5, 0.6) is 5.75 Å². The van der Waals surface area contributed by atoms with Crippen LogP contribution in [-0.2, 0) is 13.0 Å². The van der Waals surface area contributed by atoms with Gasteiger partial charge in [-0.1, -0.05) is 29.8 Å². The summed E-state index contributed by atoms with van der Waals surface area (Å²) in [4.78, 5) is 7.89. The van der Waals surface area contributed by atoms with Crippen molar-refractivity contribution in [1.29, 1.82) is 0 Å². The van der Waals surface area contributed by atoms with Crippen molar-refractivity contribution in [2.75, 3.05) is 0 Å². The van der Waals surface area contributed by atoms with Gasteiger partial charge in [0.25, 0.3) is 0 Å². The van der Waals surface area contributed by atoms with Gasteiger partial charge in [0, 0.05) is 5.02 Å². The van der Waals surface area contributed by atoms with Gasteiger partial charge in [0.15, 0.2) is 0 Å². The first-order chi connectivity index (χ1) is 10.3. The van der Waals surface area contributed by atoms with Crippen LogP contribution < -0.4 is 4.74 Å². The van der Waals surface area contributed by atoms with Crippen molar-refractivity contribution in [1.82, 2.24) is 9.97 Å². The summed E-state index contributed by atoms with van der Waals surface area (Å²) in [5, 5.41) is 0.695. The van der Waals surface area contributed by atoms with E-state index in [4.69, 9.17) is 16.3 Å². The van der Waals surface area contributed by atoms with Crippen LogP contribution in [0.15, 0.2) is 55.1 Å². The molecule has 0 radical (unpaired) electrons. The van der Waals surface area contributed by atoms with Gasteiger partial charge >= 0.3 is 0 Å². The molecule has 0 aliphatic heterocycles. The minimum absolute atomic E-state index is 0.393. The van der Waals surface area contributed by atoms with Gasteiger partial charge in [-0.15, -0.1) is 6.58 Å². The standard InChI is InChI=1S/C17H15ClN2O/c1-2-4-12-5-3-6-15-17(12)20-16(19-15)11-21-14-9-7-13(18)8-10-14/h2-3,5-10H,1,4,11H2,(H,19,20). The highest BCUT2D eigenvalue weighted by Crippen LogP contribution is 2.19. The highest BCUT2D eigenvalue weighted by molar-refractivity contribution is 6.30. The Morgan fingerprint density at radius 1 is 1.19 bits per heavy atom. The number of halogens is 1. The minimum Gasteiger partial charge on any atom is -0.486 e. The molecular formula is C17H15ClN2O. The van der Waals surface area contributed by atoms with Crippen LogP contribution in [0.4, 0.5) is 0 Å². The smallest absolute Gasteiger partial charge is 0.146 e. The third-order valence-corrected chi connectivity index (χ3v) is 3.45. The van der Waals surface area contributed by atoms with Crippen molar-refractivity contribution in [2.45, 2.75) is 13.0 Å². The van der Waals surface area contributed by atoms with Gasteiger partial charge in [-0.2, -0.15) is 0 Å². The molecule has 0 unspecified atom stereocenters. The van der Waals surface area contributed by atoms with E-state index >= 15 is 0 Å². The lowest BCUT2D eigenvalue weighted by Gasteiger charge is -2.03. The third-order valence-electron chi connectivity index (χ3n) is 3.20. The van der Waals surface area contributed by atoms with Gasteiger partial charge in [0.05, 0.1) is 11.0 Å². The van der Waals surface area contributed by atoms with Gasteiger partial charge in [-0.05, 0) is 42.3 Å². The first-order valence-electron chi connectivity index (χ1n) is 6.72. The van der Waals surface area contributed by atoms with Crippen LogP contribution in [0.2, 0.25) is 5.02 Å². The van der Waals surface area contributed by atoms with Crippen LogP contribution in [0.3, 0.4) is 0 Å². The molecule has 106 valence electrons. The van der Waals surface area contributed by atoms with Gasteiger partial charge < -0.3 is 9.72 Å². The summed E-state index contributed by atoms with van der Waals surface area (Å²) in [7, 11) is 0. The van der Waals surface area contributed by atoms with Gasteiger partial charge in [0.2, 0.25) is 0 Å². The lowest BCUT2D eigenvalue weighted by molar-refractivity contribution is 0.297. The quantitative estimate of drug-likeness (QED) is 0.703. The number of para-hydroxylation sites is 1. The van der Waals surface area contributed by atoms with Crippen molar-refractivity contribution in [3.63, 3.8) is 0 Å². The molecule has 3 nitrogen and oxygen atoms in total. The van der Waals surface area contributed by atoms with Crippen molar-refractivity contribution in [3.8, 4) is 5.75 Å². The number of aromatic amines is 1. The Morgan fingerprint density at radius 2 is 2.00 bits per heavy atom. The molecule has 0 saturated carbocycles. The molecule has 0 saturated heterocycles. The van der Waals surface area contributed by atoms with Crippen LogP contribution in [-0.4, -0.2) is 9.97 Å². The summed E-state index contributed by atoms with van der Waals surface area (Å²) in [6.45, 7) is 4.17. The van der Waals surface area contributed by atoms with E-state index in [2.05, 4.69) is 22.6 Å². The van der Waals surface area contributed by atoms with Gasteiger partial charge in [-0.3, -0.25) is 0 Å². The maximum absolute atomic E-state index is 5.85. The molecule has 1 aromatic heterocycles. The number of imidazole rings is 1. The lowest BCUT2D eigenvalue weighted by Crippen LogP contribution is -1.97. The lowest BCUT2D eigenvalue weighted by atomic mass is 10.1. The molecule has 4 heteroatoms. The minimum atomic E-state index is 0.393. The first kappa shape index (κ1) is 13.7. The number of benzene rings is 2. The molecule has 3 rings (SSSR count). The number of allylic oxidation sites excluding steroid dienone is 1. The second kappa shape index (κ2) is 6.02. The van der Waals surface area contributed by atoms with E-state index in [9.17, 15) is 0 Å². The predicted molar refractivity (Wildman–Crippen MR) is 85.8 cm³/mol. The molecule has 1 heterocycles. The van der Waals surface area contributed by atoms with Crippen molar-refractivity contribution < 1.29 is 4.74 Å². The molecule has 1 N–H and O–H groups in total. The Hall–Kier alpha value is -2.26. The highest BCUT2D eigenvalue weighted by atomic mass is 35.5. The van der Waals surface area contributed by atoms with E-state index in [1.54, 1.807) is 12.1 Å². The predicted octanol–water partition coefficient (Wildman–Crippen LogP) is 4.52. The molecule has 0 spiro atoms. The summed E-state index contributed by atoms with van der Waals surface area (Å²) in [5.74, 6) is 1.57. The average Bonchev–Trinajstić information content (AvgIpc) is 2.91. The topological polar surface area (TPSA) is 37.9 Å². The number of aromatic nitrogens is 2. The Morgan fingerprint density at radius 3 is 2.76 bits per heavy atom. The largest absolute Gasteiger partial charge is 0.486 e. The molecule has 0 atom stereocenters. The zero-order valence-electron chi connectivity index (χ0n) is 11.5. The van der Waals surface area contributed by atoms with E-state index in [1.165, 1.54) is 0 Å². The molecule has 2 aromatic carbocycles. The summed E-state index contributed by atoms with van der Waals surface area (Å²) in [6, 6.07) is 13.4. The number of fused-ring (bicyclic) bond motifs is 1. The number of ether oxygens (including phenoxy) is 1. The fourth-order valence-electron chi connectivity index (χ4n) is 2.21. The third kappa shape index (κ3) is 3.09. The summed E-state index contributed by atoms with van der Waals surface area (Å²) in [6.07, 6.45) is 2.69. The molecular weight excluding hydrogens is 284 g/mol. The molecule has 0 fully saturated rings. The van der Waals surface area contributed by atoms with Gasteiger partial charge in [-0.25, -0.2) is 4.98 Å². The fraction of sp³-hybridized carbons (Fsp3) is 0.118. The van der Waals surface area contributed by atoms with Crippen LogP contribution >= 0.6 is 11.6 Å². The zero-order valence-corrected chi connectivity index (χ0v) is 12.2. The maximum Gasteiger partial charge on any atom is 0.146 e. The Bertz CT molecular complexity index is 762. The van der Waals surface area contributed by atoms with Crippen molar-refractivity contribution in [3.05, 3.63) is 71.5 Å². The SMILES string of the molecule is C=CCc1cccc2[nH]c(COc3ccc(Cl)cc3)nc12.